The molecule has 0 spiro atoms. The highest BCUT2D eigenvalue weighted by molar-refractivity contribution is 5.04. The fraction of sp³-hybridized carbons (Fsp3) is 1.00. The van der Waals surface area contributed by atoms with Crippen LogP contribution in [0.3, 0.4) is 0 Å². The zero-order chi connectivity index (χ0) is 13.4. The Kier molecular flexibility index (Phi) is 3.81. The maximum absolute atomic E-state index is 6.20. The van der Waals surface area contributed by atoms with Crippen LogP contribution in [-0.2, 0) is 0 Å². The van der Waals surface area contributed by atoms with E-state index < -0.39 is 0 Å². The van der Waals surface area contributed by atoms with Crippen LogP contribution in [0.1, 0.15) is 72.6 Å². The van der Waals surface area contributed by atoms with Crippen molar-refractivity contribution in [1.29, 1.82) is 0 Å². The summed E-state index contributed by atoms with van der Waals surface area (Å²) >= 11 is 0. The highest BCUT2D eigenvalue weighted by atomic mass is 15.0. The highest BCUT2D eigenvalue weighted by Crippen LogP contribution is 2.50. The fourth-order valence-corrected chi connectivity index (χ4v) is 5.12. The summed E-state index contributed by atoms with van der Waals surface area (Å²) in [5.41, 5.74) is 7.20. The van der Waals surface area contributed by atoms with Crippen molar-refractivity contribution in [2.75, 3.05) is 6.54 Å². The average Bonchev–Trinajstić information content (AvgIpc) is 2.65. The molecule has 2 fully saturated rings. The van der Waals surface area contributed by atoms with Crippen LogP contribution in [0.2, 0.25) is 0 Å². The molecule has 0 aromatic heterocycles. The van der Waals surface area contributed by atoms with Gasteiger partial charge in [-0.15, -0.1) is 0 Å². The summed E-state index contributed by atoms with van der Waals surface area (Å²) in [6, 6.07) is 0.721. The summed E-state index contributed by atoms with van der Waals surface area (Å²) in [4.78, 5) is 0. The Balaban J connectivity index is 2.13. The lowest BCUT2D eigenvalue weighted by atomic mass is 9.58. The van der Waals surface area contributed by atoms with Gasteiger partial charge in [-0.25, -0.2) is 0 Å². The standard InChI is InChI=1S/C16H32N2/c1-14(2)9-15(3,4)11-16(10-14,12-17)18-13-7-5-6-8-13/h13,18H,5-12,17H2,1-4H3. The molecule has 0 atom stereocenters. The van der Waals surface area contributed by atoms with E-state index in [0.29, 0.717) is 10.8 Å². The summed E-state index contributed by atoms with van der Waals surface area (Å²) < 4.78 is 0. The zero-order valence-corrected chi connectivity index (χ0v) is 12.8. The first-order valence-corrected chi connectivity index (χ1v) is 7.74. The maximum atomic E-state index is 6.20. The van der Waals surface area contributed by atoms with Gasteiger partial charge >= 0.3 is 0 Å². The summed E-state index contributed by atoms with van der Waals surface area (Å²) in [6.07, 6.45) is 9.27. The molecule has 18 heavy (non-hydrogen) atoms. The van der Waals surface area contributed by atoms with Gasteiger partial charge in [-0.05, 0) is 42.9 Å². The van der Waals surface area contributed by atoms with Crippen LogP contribution in [0.15, 0.2) is 0 Å². The van der Waals surface area contributed by atoms with Crippen molar-refractivity contribution in [3.05, 3.63) is 0 Å². The second-order valence-electron chi connectivity index (χ2n) is 8.47. The molecule has 0 aromatic rings. The van der Waals surface area contributed by atoms with Gasteiger partial charge in [0.05, 0.1) is 0 Å². The third-order valence-corrected chi connectivity index (χ3v) is 4.85. The van der Waals surface area contributed by atoms with Crippen molar-refractivity contribution in [3.8, 4) is 0 Å². The number of hydrogen-bond donors (Lipinski definition) is 2. The van der Waals surface area contributed by atoms with Gasteiger partial charge in [0.25, 0.3) is 0 Å². The summed E-state index contributed by atoms with van der Waals surface area (Å²) in [5, 5.41) is 3.97. The molecule has 2 nitrogen and oxygen atoms in total. The molecule has 0 aliphatic heterocycles. The van der Waals surface area contributed by atoms with Gasteiger partial charge in [0, 0.05) is 18.1 Å². The van der Waals surface area contributed by atoms with E-state index in [1.165, 1.54) is 44.9 Å². The van der Waals surface area contributed by atoms with Crippen molar-refractivity contribution in [3.63, 3.8) is 0 Å². The van der Waals surface area contributed by atoms with Crippen LogP contribution >= 0.6 is 0 Å². The topological polar surface area (TPSA) is 38.0 Å². The SMILES string of the molecule is CC1(C)CC(C)(C)CC(CN)(NC2CCCC2)C1. The van der Waals surface area contributed by atoms with Gasteiger partial charge in [-0.3, -0.25) is 0 Å². The molecule has 2 saturated carbocycles. The molecule has 0 bridgehead atoms. The van der Waals surface area contributed by atoms with E-state index in [-0.39, 0.29) is 5.54 Å². The van der Waals surface area contributed by atoms with Gasteiger partial charge in [0.2, 0.25) is 0 Å². The van der Waals surface area contributed by atoms with Crippen LogP contribution in [0, 0.1) is 10.8 Å². The lowest BCUT2D eigenvalue weighted by molar-refractivity contribution is 0.0265. The number of nitrogens with one attached hydrogen (secondary N) is 1. The first kappa shape index (κ1) is 14.3. The Morgan fingerprint density at radius 3 is 1.89 bits per heavy atom. The van der Waals surface area contributed by atoms with Gasteiger partial charge < -0.3 is 11.1 Å². The minimum absolute atomic E-state index is 0.181. The van der Waals surface area contributed by atoms with E-state index in [4.69, 9.17) is 5.73 Å². The molecular weight excluding hydrogens is 220 g/mol. The van der Waals surface area contributed by atoms with Crippen molar-refractivity contribution in [1.82, 2.24) is 5.32 Å². The normalized spacial score (nSPS) is 30.5. The van der Waals surface area contributed by atoms with Crippen LogP contribution in [0.25, 0.3) is 0 Å². The molecule has 0 amide bonds. The van der Waals surface area contributed by atoms with E-state index in [1.54, 1.807) is 0 Å². The van der Waals surface area contributed by atoms with Crippen LogP contribution in [-0.4, -0.2) is 18.1 Å². The molecule has 2 rings (SSSR count). The van der Waals surface area contributed by atoms with E-state index >= 15 is 0 Å². The molecule has 0 heterocycles. The molecule has 0 saturated heterocycles. The Labute approximate surface area is 113 Å². The van der Waals surface area contributed by atoms with E-state index in [2.05, 4.69) is 33.0 Å². The van der Waals surface area contributed by atoms with E-state index in [1.807, 2.05) is 0 Å². The zero-order valence-electron chi connectivity index (χ0n) is 12.8. The quantitative estimate of drug-likeness (QED) is 0.807. The van der Waals surface area contributed by atoms with Gasteiger partial charge in [-0.1, -0.05) is 40.5 Å². The highest BCUT2D eigenvalue weighted by Gasteiger charge is 2.47. The number of rotatable bonds is 3. The lowest BCUT2D eigenvalue weighted by Crippen LogP contribution is -2.61. The number of hydrogen-bond acceptors (Lipinski definition) is 2. The minimum atomic E-state index is 0.181. The van der Waals surface area contributed by atoms with Crippen molar-refractivity contribution in [2.45, 2.75) is 84.2 Å². The third-order valence-electron chi connectivity index (χ3n) is 4.85. The van der Waals surface area contributed by atoms with E-state index in [9.17, 15) is 0 Å². The van der Waals surface area contributed by atoms with Crippen LogP contribution < -0.4 is 11.1 Å². The van der Waals surface area contributed by atoms with Crippen molar-refractivity contribution >= 4 is 0 Å². The predicted molar refractivity (Wildman–Crippen MR) is 78.6 cm³/mol. The first-order valence-electron chi connectivity index (χ1n) is 7.74. The number of nitrogens with two attached hydrogens (primary N) is 1. The Morgan fingerprint density at radius 1 is 0.944 bits per heavy atom. The Hall–Kier alpha value is -0.0800. The van der Waals surface area contributed by atoms with Gasteiger partial charge in [-0.2, -0.15) is 0 Å². The van der Waals surface area contributed by atoms with Crippen LogP contribution in [0.5, 0.6) is 0 Å². The lowest BCUT2D eigenvalue weighted by Gasteiger charge is -2.53. The molecule has 0 unspecified atom stereocenters. The second kappa shape index (κ2) is 4.79. The summed E-state index contributed by atoms with van der Waals surface area (Å²) in [5.74, 6) is 0. The molecule has 2 aliphatic carbocycles. The largest absolute Gasteiger partial charge is 0.329 e. The fourth-order valence-electron chi connectivity index (χ4n) is 5.12. The van der Waals surface area contributed by atoms with Crippen LogP contribution in [0.4, 0.5) is 0 Å². The van der Waals surface area contributed by atoms with Gasteiger partial charge in [0.15, 0.2) is 0 Å². The maximum Gasteiger partial charge on any atom is 0.0316 e. The summed E-state index contributed by atoms with van der Waals surface area (Å²) in [7, 11) is 0. The average molecular weight is 252 g/mol. The predicted octanol–water partition coefficient (Wildman–Crippen LogP) is 3.45. The summed E-state index contributed by atoms with van der Waals surface area (Å²) in [6.45, 7) is 10.4. The second-order valence-corrected chi connectivity index (χ2v) is 8.47. The molecule has 106 valence electrons. The monoisotopic (exact) mass is 252 g/mol. The Morgan fingerprint density at radius 2 is 1.44 bits per heavy atom. The molecule has 2 aliphatic rings. The smallest absolute Gasteiger partial charge is 0.0316 e. The molecule has 2 heteroatoms. The first-order chi connectivity index (χ1) is 8.26. The molecule has 3 N–H and O–H groups in total. The Bertz CT molecular complexity index is 271. The van der Waals surface area contributed by atoms with Gasteiger partial charge in [0.1, 0.15) is 0 Å². The van der Waals surface area contributed by atoms with Crippen molar-refractivity contribution < 1.29 is 0 Å². The molecule has 0 radical (unpaired) electrons. The molecular formula is C16H32N2. The molecule has 0 aromatic carbocycles. The van der Waals surface area contributed by atoms with Crippen molar-refractivity contribution in [2.24, 2.45) is 16.6 Å². The third kappa shape index (κ3) is 3.27. The minimum Gasteiger partial charge on any atom is -0.329 e. The van der Waals surface area contributed by atoms with E-state index in [0.717, 1.165) is 12.6 Å².